The van der Waals surface area contributed by atoms with Crippen LogP contribution in [0.2, 0.25) is 0 Å². The predicted octanol–water partition coefficient (Wildman–Crippen LogP) is 4.05. The third-order valence-corrected chi connectivity index (χ3v) is 6.03. The van der Waals surface area contributed by atoms with Crippen molar-refractivity contribution in [2.75, 3.05) is 11.9 Å². The van der Waals surface area contributed by atoms with E-state index in [2.05, 4.69) is 10.0 Å². The SMILES string of the molecule is Cc1ccc(NC(=O)COc2ccc(S(=O)(=O)N[C@@H](C)c3ccccc3)cc2)cc1. The summed E-state index contributed by atoms with van der Waals surface area (Å²) in [5, 5.41) is 2.74. The van der Waals surface area contributed by atoms with Gasteiger partial charge in [0.25, 0.3) is 5.91 Å². The molecule has 0 bridgehead atoms. The zero-order chi connectivity index (χ0) is 21.6. The molecular weight excluding hydrogens is 400 g/mol. The normalized spacial score (nSPS) is 12.2. The van der Waals surface area contributed by atoms with E-state index in [4.69, 9.17) is 4.74 Å². The Morgan fingerprint density at radius 3 is 2.20 bits per heavy atom. The first-order chi connectivity index (χ1) is 14.3. The third kappa shape index (κ3) is 5.92. The molecule has 156 valence electrons. The summed E-state index contributed by atoms with van der Waals surface area (Å²) in [6.45, 7) is 3.58. The number of rotatable bonds is 8. The van der Waals surface area contributed by atoms with Gasteiger partial charge in [0.2, 0.25) is 10.0 Å². The molecule has 0 fully saturated rings. The van der Waals surface area contributed by atoms with Gasteiger partial charge in [-0.2, -0.15) is 0 Å². The van der Waals surface area contributed by atoms with E-state index < -0.39 is 10.0 Å². The first kappa shape index (κ1) is 21.5. The van der Waals surface area contributed by atoms with Gasteiger partial charge < -0.3 is 10.1 Å². The fourth-order valence-corrected chi connectivity index (χ4v) is 4.04. The summed E-state index contributed by atoms with van der Waals surface area (Å²) in [6.07, 6.45) is 0. The van der Waals surface area contributed by atoms with Gasteiger partial charge in [-0.25, -0.2) is 13.1 Å². The van der Waals surface area contributed by atoms with E-state index in [1.54, 1.807) is 6.92 Å². The monoisotopic (exact) mass is 424 g/mol. The molecular formula is C23H24N2O4S. The summed E-state index contributed by atoms with van der Waals surface area (Å²) >= 11 is 0. The van der Waals surface area contributed by atoms with Crippen molar-refractivity contribution in [1.29, 1.82) is 0 Å². The van der Waals surface area contributed by atoms with Gasteiger partial charge in [0.1, 0.15) is 5.75 Å². The van der Waals surface area contributed by atoms with Gasteiger partial charge in [-0.15, -0.1) is 0 Å². The van der Waals surface area contributed by atoms with Crippen molar-refractivity contribution < 1.29 is 17.9 Å². The average molecular weight is 425 g/mol. The molecule has 1 amide bonds. The highest BCUT2D eigenvalue weighted by Crippen LogP contribution is 2.19. The summed E-state index contributed by atoms with van der Waals surface area (Å²) in [7, 11) is -3.68. The van der Waals surface area contributed by atoms with Gasteiger partial charge in [0.05, 0.1) is 4.90 Å². The quantitative estimate of drug-likeness (QED) is 0.571. The number of carbonyl (C=O) groups is 1. The van der Waals surface area contributed by atoms with Crippen LogP contribution in [0.15, 0.2) is 83.8 Å². The number of nitrogens with one attached hydrogen (secondary N) is 2. The highest BCUT2D eigenvalue weighted by Gasteiger charge is 2.18. The van der Waals surface area contributed by atoms with E-state index in [9.17, 15) is 13.2 Å². The maximum absolute atomic E-state index is 12.6. The summed E-state index contributed by atoms with van der Waals surface area (Å²) in [4.78, 5) is 12.1. The fraction of sp³-hybridized carbons (Fsp3) is 0.174. The van der Waals surface area contributed by atoms with Crippen LogP contribution in [0.1, 0.15) is 24.1 Å². The minimum absolute atomic E-state index is 0.127. The molecule has 0 aliphatic heterocycles. The second kappa shape index (κ2) is 9.56. The molecule has 0 heterocycles. The lowest BCUT2D eigenvalue weighted by atomic mass is 10.1. The first-order valence-corrected chi connectivity index (χ1v) is 11.0. The smallest absolute Gasteiger partial charge is 0.262 e. The largest absolute Gasteiger partial charge is 0.484 e. The molecule has 0 radical (unpaired) electrons. The Hall–Kier alpha value is -3.16. The standard InChI is InChI=1S/C23H24N2O4S/c1-17-8-10-20(11-9-17)24-23(26)16-29-21-12-14-22(15-13-21)30(27,28)25-18(2)19-6-4-3-5-7-19/h3-15,18,25H,16H2,1-2H3,(H,24,26)/t18-/m0/s1. The Morgan fingerprint density at radius 2 is 1.57 bits per heavy atom. The zero-order valence-electron chi connectivity index (χ0n) is 16.8. The molecule has 30 heavy (non-hydrogen) atoms. The number of aryl methyl sites for hydroxylation is 1. The van der Waals surface area contributed by atoms with Gasteiger partial charge in [0.15, 0.2) is 6.61 Å². The van der Waals surface area contributed by atoms with Crippen molar-refractivity contribution in [3.05, 3.63) is 90.0 Å². The van der Waals surface area contributed by atoms with E-state index in [-0.39, 0.29) is 23.5 Å². The van der Waals surface area contributed by atoms with Crippen LogP contribution < -0.4 is 14.8 Å². The van der Waals surface area contributed by atoms with Crippen molar-refractivity contribution in [3.63, 3.8) is 0 Å². The highest BCUT2D eigenvalue weighted by molar-refractivity contribution is 7.89. The summed E-state index contributed by atoms with van der Waals surface area (Å²) < 4.78 is 33.3. The van der Waals surface area contributed by atoms with Crippen LogP contribution in [0.4, 0.5) is 5.69 Å². The third-order valence-electron chi connectivity index (χ3n) is 4.47. The fourth-order valence-electron chi connectivity index (χ4n) is 2.81. The molecule has 6 nitrogen and oxygen atoms in total. The lowest BCUT2D eigenvalue weighted by Crippen LogP contribution is -2.26. The number of amides is 1. The van der Waals surface area contributed by atoms with Gasteiger partial charge in [-0.1, -0.05) is 48.0 Å². The summed E-state index contributed by atoms with van der Waals surface area (Å²) in [5.41, 5.74) is 2.67. The van der Waals surface area contributed by atoms with Crippen molar-refractivity contribution in [2.45, 2.75) is 24.8 Å². The molecule has 3 aromatic rings. The average Bonchev–Trinajstić information content (AvgIpc) is 2.74. The highest BCUT2D eigenvalue weighted by atomic mass is 32.2. The van der Waals surface area contributed by atoms with Crippen LogP contribution >= 0.6 is 0 Å². The lowest BCUT2D eigenvalue weighted by molar-refractivity contribution is -0.118. The van der Waals surface area contributed by atoms with Crippen molar-refractivity contribution in [3.8, 4) is 5.75 Å². The molecule has 0 aromatic heterocycles. The zero-order valence-corrected chi connectivity index (χ0v) is 17.6. The van der Waals surface area contributed by atoms with E-state index >= 15 is 0 Å². The van der Waals surface area contributed by atoms with Crippen LogP contribution in [0.5, 0.6) is 5.75 Å². The maximum Gasteiger partial charge on any atom is 0.262 e. The second-order valence-corrected chi connectivity index (χ2v) is 8.64. The molecule has 0 aliphatic rings. The van der Waals surface area contributed by atoms with Crippen LogP contribution in [0.3, 0.4) is 0 Å². The van der Waals surface area contributed by atoms with Crippen molar-refractivity contribution in [2.24, 2.45) is 0 Å². The summed E-state index contributed by atoms with van der Waals surface area (Å²) in [5.74, 6) is 0.109. The van der Waals surface area contributed by atoms with E-state index in [1.165, 1.54) is 24.3 Å². The molecule has 3 aromatic carbocycles. The molecule has 7 heteroatoms. The van der Waals surface area contributed by atoms with E-state index in [1.807, 2.05) is 61.5 Å². The molecule has 2 N–H and O–H groups in total. The Bertz CT molecular complexity index is 1080. The molecule has 0 aliphatic carbocycles. The molecule has 0 saturated carbocycles. The number of ether oxygens (including phenoxy) is 1. The van der Waals surface area contributed by atoms with E-state index in [0.29, 0.717) is 11.4 Å². The van der Waals surface area contributed by atoms with Crippen LogP contribution in [0, 0.1) is 6.92 Å². The van der Waals surface area contributed by atoms with Crippen LogP contribution in [0.25, 0.3) is 0 Å². The van der Waals surface area contributed by atoms with E-state index in [0.717, 1.165) is 11.1 Å². The second-order valence-electron chi connectivity index (χ2n) is 6.93. The molecule has 0 spiro atoms. The number of hydrogen-bond acceptors (Lipinski definition) is 4. The topological polar surface area (TPSA) is 84.5 Å². The van der Waals surface area contributed by atoms with Gasteiger partial charge in [0, 0.05) is 11.7 Å². The minimum Gasteiger partial charge on any atom is -0.484 e. The van der Waals surface area contributed by atoms with Gasteiger partial charge in [-0.05, 0) is 55.8 Å². The number of sulfonamides is 1. The maximum atomic E-state index is 12.6. The number of anilines is 1. The van der Waals surface area contributed by atoms with Gasteiger partial charge in [-0.3, -0.25) is 4.79 Å². The molecule has 1 atom stereocenters. The van der Waals surface area contributed by atoms with Crippen LogP contribution in [-0.4, -0.2) is 20.9 Å². The Morgan fingerprint density at radius 1 is 0.933 bits per heavy atom. The Balaban J connectivity index is 1.56. The van der Waals surface area contributed by atoms with Crippen molar-refractivity contribution >= 4 is 21.6 Å². The number of carbonyl (C=O) groups excluding carboxylic acids is 1. The molecule has 0 unspecified atom stereocenters. The minimum atomic E-state index is -3.68. The summed E-state index contributed by atoms with van der Waals surface area (Å²) in [6, 6.07) is 22.4. The van der Waals surface area contributed by atoms with Gasteiger partial charge >= 0.3 is 0 Å². The first-order valence-electron chi connectivity index (χ1n) is 9.50. The lowest BCUT2D eigenvalue weighted by Gasteiger charge is -2.15. The number of hydrogen-bond donors (Lipinski definition) is 2. The molecule has 0 saturated heterocycles. The Kier molecular flexibility index (Phi) is 6.87. The van der Waals surface area contributed by atoms with Crippen LogP contribution in [-0.2, 0) is 14.8 Å². The number of benzene rings is 3. The molecule has 3 rings (SSSR count). The predicted molar refractivity (Wildman–Crippen MR) is 117 cm³/mol. The Labute approximate surface area is 177 Å². The van der Waals surface area contributed by atoms with Crippen molar-refractivity contribution in [1.82, 2.24) is 4.72 Å².